The number of aliphatic hydroxyl groups is 1. The normalized spacial score (nSPS) is 19.6. The summed E-state index contributed by atoms with van der Waals surface area (Å²) < 4.78 is 51.8. The number of aliphatic hydroxyl groups excluding tert-OH is 1. The molecule has 5 nitrogen and oxygen atoms in total. The number of nitrogens with zero attached hydrogens (tertiary/aromatic N) is 2. The summed E-state index contributed by atoms with van der Waals surface area (Å²) in [4.78, 5) is 16.7. The van der Waals surface area contributed by atoms with Crippen LogP contribution in [0.5, 0.6) is 5.75 Å². The maximum absolute atomic E-state index is 16.5. The molecule has 2 N–H and O–H groups in total. The highest BCUT2D eigenvalue weighted by Gasteiger charge is 2.51. The summed E-state index contributed by atoms with van der Waals surface area (Å²) in [5.74, 6) is -2.20. The highest BCUT2D eigenvalue weighted by Crippen LogP contribution is 2.45. The predicted octanol–water partition coefficient (Wildman–Crippen LogP) is 7.30. The molecule has 0 aliphatic carbocycles. The van der Waals surface area contributed by atoms with Crippen molar-refractivity contribution < 1.29 is 27.8 Å². The number of hydrogen-bond acceptors (Lipinski definition) is 5. The summed E-state index contributed by atoms with van der Waals surface area (Å²) in [5.41, 5.74) is 3.72. The standard InChI is InChI=1S/C43H53F3N2O3Si/c1-31-25-36-26-35(32(2)49)17-20-40(36)41(34-15-18-37(19-16-34)51-24-23-47-28-33(27-44)29-47)48(31)30-43(45,46)22-21-42(3,4)52(50,38-11-7-5-8-12-38)39-13-9-6-10-14-39/h5-20,26,31-33,41,49-50H,21-25,27-30H2,1-4H3/t31-,32?,41-/m1/s1. The van der Waals surface area contributed by atoms with Crippen LogP contribution in [0.2, 0.25) is 5.04 Å². The second-order valence-electron chi connectivity index (χ2n) is 15.6. The highest BCUT2D eigenvalue weighted by atomic mass is 28.4. The fourth-order valence-corrected chi connectivity index (χ4v) is 11.9. The second kappa shape index (κ2) is 15.9. The van der Waals surface area contributed by atoms with Crippen LogP contribution in [0.3, 0.4) is 0 Å². The smallest absolute Gasteiger partial charge is 0.260 e. The van der Waals surface area contributed by atoms with Gasteiger partial charge in [0.25, 0.3) is 14.2 Å². The molecule has 3 atom stereocenters. The van der Waals surface area contributed by atoms with Crippen molar-refractivity contribution in [2.75, 3.05) is 39.5 Å². The molecule has 4 aromatic rings. The van der Waals surface area contributed by atoms with Gasteiger partial charge in [-0.2, -0.15) is 0 Å². The Bertz CT molecular complexity index is 1710. The maximum atomic E-state index is 16.5. The number of halogens is 3. The highest BCUT2D eigenvalue weighted by molar-refractivity contribution is 6.98. The van der Waals surface area contributed by atoms with Gasteiger partial charge in [-0.15, -0.1) is 0 Å². The molecule has 2 aliphatic heterocycles. The number of rotatable bonds is 15. The predicted molar refractivity (Wildman–Crippen MR) is 205 cm³/mol. The van der Waals surface area contributed by atoms with E-state index in [2.05, 4.69) is 4.90 Å². The number of likely N-dealkylation sites (tertiary alicyclic amines) is 1. The van der Waals surface area contributed by atoms with Crippen LogP contribution in [0, 0.1) is 5.92 Å². The first-order valence-corrected chi connectivity index (χ1v) is 20.5. The quantitative estimate of drug-likeness (QED) is 0.126. The van der Waals surface area contributed by atoms with E-state index < -0.39 is 38.0 Å². The molecule has 0 radical (unpaired) electrons. The summed E-state index contributed by atoms with van der Waals surface area (Å²) in [5, 5.41) is 11.2. The molecule has 0 amide bonds. The van der Waals surface area contributed by atoms with Gasteiger partial charge in [0.15, 0.2) is 0 Å². The Kier molecular flexibility index (Phi) is 11.7. The summed E-state index contributed by atoms with van der Waals surface area (Å²) in [7, 11) is -3.45. The molecule has 2 aliphatic rings. The van der Waals surface area contributed by atoms with Crippen molar-refractivity contribution in [3.8, 4) is 5.75 Å². The number of benzene rings is 4. The van der Waals surface area contributed by atoms with E-state index in [4.69, 9.17) is 4.74 Å². The zero-order valence-corrected chi connectivity index (χ0v) is 31.8. The molecule has 52 heavy (non-hydrogen) atoms. The Balaban J connectivity index is 1.23. The molecule has 0 aromatic heterocycles. The topological polar surface area (TPSA) is 56.2 Å². The summed E-state index contributed by atoms with van der Waals surface area (Å²) >= 11 is 0. The molecule has 1 saturated heterocycles. The van der Waals surface area contributed by atoms with Crippen LogP contribution in [-0.4, -0.2) is 79.4 Å². The van der Waals surface area contributed by atoms with Crippen molar-refractivity contribution in [2.45, 2.75) is 76.1 Å². The van der Waals surface area contributed by atoms with E-state index in [0.29, 0.717) is 18.8 Å². The van der Waals surface area contributed by atoms with E-state index in [-0.39, 0.29) is 31.5 Å². The van der Waals surface area contributed by atoms with Gasteiger partial charge in [-0.25, -0.2) is 8.78 Å². The van der Waals surface area contributed by atoms with E-state index in [1.807, 2.05) is 129 Å². The summed E-state index contributed by atoms with van der Waals surface area (Å²) in [6.07, 6.45) is -0.265. The lowest BCUT2D eigenvalue weighted by molar-refractivity contribution is -0.0606. The largest absolute Gasteiger partial charge is 0.492 e. The average Bonchev–Trinajstić information content (AvgIpc) is 3.12. The van der Waals surface area contributed by atoms with Gasteiger partial charge in [0.05, 0.1) is 25.4 Å². The third-order valence-electron chi connectivity index (χ3n) is 11.4. The molecule has 2 heterocycles. The first-order chi connectivity index (χ1) is 24.8. The van der Waals surface area contributed by atoms with Crippen LogP contribution in [0.25, 0.3) is 0 Å². The lowest BCUT2D eigenvalue weighted by Crippen LogP contribution is -2.65. The van der Waals surface area contributed by atoms with Crippen LogP contribution >= 0.6 is 0 Å². The van der Waals surface area contributed by atoms with Gasteiger partial charge >= 0.3 is 0 Å². The third-order valence-corrected chi connectivity index (χ3v) is 15.9. The zero-order chi connectivity index (χ0) is 37.1. The van der Waals surface area contributed by atoms with Crippen LogP contribution in [0.4, 0.5) is 13.2 Å². The molecule has 6 rings (SSSR count). The van der Waals surface area contributed by atoms with Gasteiger partial charge in [0.2, 0.25) is 0 Å². The Hall–Kier alpha value is -3.47. The van der Waals surface area contributed by atoms with Crippen molar-refractivity contribution in [3.05, 3.63) is 125 Å². The van der Waals surface area contributed by atoms with Crippen molar-refractivity contribution >= 4 is 18.7 Å². The van der Waals surface area contributed by atoms with Crippen molar-refractivity contribution in [1.29, 1.82) is 0 Å². The van der Waals surface area contributed by atoms with Crippen molar-refractivity contribution in [3.63, 3.8) is 0 Å². The monoisotopic (exact) mass is 730 g/mol. The third kappa shape index (κ3) is 8.19. The van der Waals surface area contributed by atoms with Gasteiger partial charge in [-0.05, 0) is 76.5 Å². The summed E-state index contributed by atoms with van der Waals surface area (Å²) in [6.45, 7) is 9.64. The lowest BCUT2D eigenvalue weighted by atomic mass is 9.83. The Labute approximate surface area is 308 Å². The van der Waals surface area contributed by atoms with Gasteiger partial charge in [-0.3, -0.25) is 14.2 Å². The van der Waals surface area contributed by atoms with Crippen LogP contribution in [0.1, 0.15) is 74.9 Å². The molecule has 1 unspecified atom stereocenters. The van der Waals surface area contributed by atoms with Gasteiger partial charge in [0.1, 0.15) is 12.4 Å². The number of ether oxygens (including phenoxy) is 1. The molecule has 0 spiro atoms. The first kappa shape index (κ1) is 38.3. The SMILES string of the molecule is CC(O)c1ccc2c(c1)C[C@@H](C)N(CC(F)(F)CCC(C)(C)[Si](O)(c1ccccc1)c1ccccc1)[C@@H]2c1ccc(OCCN2CC(CF)C2)cc1. The fourth-order valence-electron chi connectivity index (χ4n) is 8.14. The maximum Gasteiger partial charge on any atom is 0.260 e. The Morgan fingerprint density at radius 1 is 0.885 bits per heavy atom. The minimum atomic E-state index is -3.45. The van der Waals surface area contributed by atoms with Crippen molar-refractivity contribution in [1.82, 2.24) is 9.80 Å². The zero-order valence-electron chi connectivity index (χ0n) is 30.8. The van der Waals surface area contributed by atoms with E-state index in [1.54, 1.807) is 6.92 Å². The Morgan fingerprint density at radius 3 is 2.08 bits per heavy atom. The van der Waals surface area contributed by atoms with E-state index in [0.717, 1.165) is 52.3 Å². The Morgan fingerprint density at radius 2 is 1.50 bits per heavy atom. The van der Waals surface area contributed by atoms with E-state index in [9.17, 15) is 14.3 Å². The van der Waals surface area contributed by atoms with Gasteiger partial charge in [0, 0.05) is 38.0 Å². The first-order valence-electron chi connectivity index (χ1n) is 18.6. The molecule has 0 bridgehead atoms. The number of fused-ring (bicyclic) bond motifs is 1. The molecular weight excluding hydrogens is 678 g/mol. The molecular formula is C43H53F3N2O3Si. The minimum absolute atomic E-state index is 0.132. The fraction of sp³-hybridized carbons (Fsp3) is 0.442. The van der Waals surface area contributed by atoms with Gasteiger partial charge < -0.3 is 14.6 Å². The molecule has 9 heteroatoms. The van der Waals surface area contributed by atoms with Crippen LogP contribution < -0.4 is 15.1 Å². The van der Waals surface area contributed by atoms with Crippen LogP contribution in [0.15, 0.2) is 103 Å². The summed E-state index contributed by atoms with van der Waals surface area (Å²) in [6, 6.07) is 32.1. The van der Waals surface area contributed by atoms with Gasteiger partial charge in [-0.1, -0.05) is 105 Å². The number of hydrogen-bond donors (Lipinski definition) is 2. The number of alkyl halides is 3. The molecule has 1 fully saturated rings. The minimum Gasteiger partial charge on any atom is -0.492 e. The average molecular weight is 731 g/mol. The van der Waals surface area contributed by atoms with E-state index >= 15 is 8.78 Å². The van der Waals surface area contributed by atoms with E-state index in [1.165, 1.54) is 0 Å². The molecule has 4 aromatic carbocycles. The lowest BCUT2D eigenvalue weighted by Gasteiger charge is -2.45. The second-order valence-corrected chi connectivity index (χ2v) is 19.6. The van der Waals surface area contributed by atoms with Crippen LogP contribution in [-0.2, 0) is 6.42 Å². The molecule has 0 saturated carbocycles. The molecule has 278 valence electrons. The van der Waals surface area contributed by atoms with Crippen molar-refractivity contribution in [2.24, 2.45) is 5.92 Å².